The number of rotatable bonds is 1. The zero-order valence-electron chi connectivity index (χ0n) is 13.6. The first-order valence-corrected chi connectivity index (χ1v) is 7.75. The highest BCUT2D eigenvalue weighted by Gasteiger charge is 2.32. The first-order valence-electron chi connectivity index (χ1n) is 7.37. The molecule has 0 aliphatic carbocycles. The van der Waals surface area contributed by atoms with Crippen LogP contribution >= 0.6 is 11.6 Å². The van der Waals surface area contributed by atoms with E-state index in [2.05, 4.69) is 4.98 Å². The standard InChI is InChI=1S/C16H18ClF3N2O2/c1-15(2,3)24-14(23)22-6-4-10(5-7-22)12-8-11(16(18,19)20)9-21-13(12)17/h4,8-9H,5-7H2,1-3H3. The first kappa shape index (κ1) is 18.6. The maximum absolute atomic E-state index is 12.8. The quantitative estimate of drug-likeness (QED) is 0.675. The number of hydrogen-bond acceptors (Lipinski definition) is 3. The van der Waals surface area contributed by atoms with Gasteiger partial charge in [0.1, 0.15) is 10.8 Å². The van der Waals surface area contributed by atoms with E-state index in [-0.39, 0.29) is 17.3 Å². The second kappa shape index (κ2) is 6.63. The molecule has 1 aliphatic rings. The third-order valence-electron chi connectivity index (χ3n) is 3.37. The maximum Gasteiger partial charge on any atom is 0.417 e. The highest BCUT2D eigenvalue weighted by atomic mass is 35.5. The van der Waals surface area contributed by atoms with Crippen LogP contribution in [0.5, 0.6) is 0 Å². The fourth-order valence-electron chi connectivity index (χ4n) is 2.23. The Labute approximate surface area is 143 Å². The lowest BCUT2D eigenvalue weighted by Crippen LogP contribution is -2.39. The molecule has 0 radical (unpaired) electrons. The minimum absolute atomic E-state index is 0.0139. The molecule has 24 heavy (non-hydrogen) atoms. The van der Waals surface area contributed by atoms with Crippen molar-refractivity contribution < 1.29 is 22.7 Å². The summed E-state index contributed by atoms with van der Waals surface area (Å²) >= 11 is 5.94. The lowest BCUT2D eigenvalue weighted by molar-refractivity contribution is -0.137. The fraction of sp³-hybridized carbons (Fsp3) is 0.500. The van der Waals surface area contributed by atoms with Crippen molar-refractivity contribution in [3.05, 3.63) is 34.6 Å². The number of carbonyl (C=O) groups is 1. The van der Waals surface area contributed by atoms with Crippen LogP contribution in [0.3, 0.4) is 0 Å². The number of amides is 1. The van der Waals surface area contributed by atoms with Crippen LogP contribution in [0.25, 0.3) is 5.57 Å². The Morgan fingerprint density at radius 2 is 2.00 bits per heavy atom. The minimum Gasteiger partial charge on any atom is -0.444 e. The molecule has 0 saturated carbocycles. The van der Waals surface area contributed by atoms with Crippen LogP contribution in [-0.2, 0) is 10.9 Å². The van der Waals surface area contributed by atoms with Crippen molar-refractivity contribution >= 4 is 23.3 Å². The average molecular weight is 363 g/mol. The molecule has 2 rings (SSSR count). The van der Waals surface area contributed by atoms with Gasteiger partial charge in [0.15, 0.2) is 0 Å². The predicted octanol–water partition coefficient (Wildman–Crippen LogP) is 4.78. The van der Waals surface area contributed by atoms with E-state index in [1.54, 1.807) is 26.8 Å². The van der Waals surface area contributed by atoms with Crippen LogP contribution in [0.2, 0.25) is 5.15 Å². The number of alkyl halides is 3. The van der Waals surface area contributed by atoms with Crippen LogP contribution in [0.15, 0.2) is 18.3 Å². The molecule has 0 bridgehead atoms. The van der Waals surface area contributed by atoms with Crippen LogP contribution in [0, 0.1) is 0 Å². The number of carbonyl (C=O) groups excluding carboxylic acids is 1. The Balaban J connectivity index is 2.17. The average Bonchev–Trinajstić information content (AvgIpc) is 2.45. The number of ether oxygens (including phenoxy) is 1. The summed E-state index contributed by atoms with van der Waals surface area (Å²) in [7, 11) is 0. The van der Waals surface area contributed by atoms with Gasteiger partial charge in [0.2, 0.25) is 0 Å². The Morgan fingerprint density at radius 3 is 2.50 bits per heavy atom. The molecule has 1 aromatic rings. The maximum atomic E-state index is 12.8. The van der Waals surface area contributed by atoms with Gasteiger partial charge in [-0.25, -0.2) is 9.78 Å². The molecule has 0 saturated heterocycles. The predicted molar refractivity (Wildman–Crippen MR) is 84.7 cm³/mol. The summed E-state index contributed by atoms with van der Waals surface area (Å²) in [6, 6.07) is 0.990. The van der Waals surface area contributed by atoms with Crippen LogP contribution < -0.4 is 0 Å². The third-order valence-corrected chi connectivity index (χ3v) is 3.67. The van der Waals surface area contributed by atoms with Crippen LogP contribution in [0.4, 0.5) is 18.0 Å². The van der Waals surface area contributed by atoms with Crippen LogP contribution in [-0.4, -0.2) is 34.7 Å². The summed E-state index contributed by atoms with van der Waals surface area (Å²) in [6.07, 6.45) is -2.17. The van der Waals surface area contributed by atoms with Crippen molar-refractivity contribution in [2.24, 2.45) is 0 Å². The van der Waals surface area contributed by atoms with Gasteiger partial charge in [-0.05, 0) is 38.8 Å². The zero-order valence-corrected chi connectivity index (χ0v) is 14.3. The molecule has 0 N–H and O–H groups in total. The van der Waals surface area contributed by atoms with E-state index >= 15 is 0 Å². The van der Waals surface area contributed by atoms with Crippen LogP contribution in [0.1, 0.15) is 38.3 Å². The van der Waals surface area contributed by atoms with Crippen molar-refractivity contribution in [1.82, 2.24) is 9.88 Å². The molecule has 0 spiro atoms. The summed E-state index contributed by atoms with van der Waals surface area (Å²) in [4.78, 5) is 17.1. The van der Waals surface area contributed by atoms with E-state index in [4.69, 9.17) is 16.3 Å². The van der Waals surface area contributed by atoms with E-state index < -0.39 is 23.4 Å². The number of halogens is 4. The number of hydrogen-bond donors (Lipinski definition) is 0. The molecule has 0 aromatic carbocycles. The van der Waals surface area contributed by atoms with Gasteiger partial charge in [0.05, 0.1) is 5.56 Å². The molecule has 0 atom stereocenters. The molecular weight excluding hydrogens is 345 g/mol. The Hall–Kier alpha value is -1.76. The fourth-order valence-corrected chi connectivity index (χ4v) is 2.46. The lowest BCUT2D eigenvalue weighted by Gasteiger charge is -2.29. The smallest absolute Gasteiger partial charge is 0.417 e. The monoisotopic (exact) mass is 362 g/mol. The molecular formula is C16H18ClF3N2O2. The molecule has 2 heterocycles. The number of aromatic nitrogens is 1. The molecule has 0 fully saturated rings. The van der Waals surface area contributed by atoms with Gasteiger partial charge in [0.25, 0.3) is 0 Å². The molecule has 8 heteroatoms. The second-order valence-corrected chi connectivity index (χ2v) is 6.82. The molecule has 132 valence electrons. The van der Waals surface area contributed by atoms with Gasteiger partial charge < -0.3 is 9.64 Å². The van der Waals surface area contributed by atoms with Gasteiger partial charge in [-0.1, -0.05) is 17.7 Å². The normalized spacial score (nSPS) is 16.0. The van der Waals surface area contributed by atoms with E-state index in [0.717, 1.165) is 6.07 Å². The van der Waals surface area contributed by atoms with Gasteiger partial charge in [-0.2, -0.15) is 13.2 Å². The first-order chi connectivity index (χ1) is 11.0. The van der Waals surface area contributed by atoms with E-state index in [1.807, 2.05) is 0 Å². The Morgan fingerprint density at radius 1 is 1.33 bits per heavy atom. The summed E-state index contributed by atoms with van der Waals surface area (Å²) in [6.45, 7) is 5.89. The minimum atomic E-state index is -4.48. The van der Waals surface area contributed by atoms with E-state index in [1.165, 1.54) is 4.90 Å². The Bertz CT molecular complexity index is 666. The zero-order chi connectivity index (χ0) is 18.1. The molecule has 1 aliphatic heterocycles. The number of nitrogens with zero attached hydrogens (tertiary/aromatic N) is 2. The van der Waals surface area contributed by atoms with E-state index in [9.17, 15) is 18.0 Å². The molecule has 0 unspecified atom stereocenters. The Kier molecular flexibility index (Phi) is 5.13. The summed E-state index contributed by atoms with van der Waals surface area (Å²) in [5.41, 5.74) is -0.568. The third kappa shape index (κ3) is 4.63. The largest absolute Gasteiger partial charge is 0.444 e. The second-order valence-electron chi connectivity index (χ2n) is 6.47. The van der Waals surface area contributed by atoms with Crippen molar-refractivity contribution in [1.29, 1.82) is 0 Å². The van der Waals surface area contributed by atoms with Crippen molar-refractivity contribution in [2.75, 3.05) is 13.1 Å². The van der Waals surface area contributed by atoms with Gasteiger partial charge in [-0.15, -0.1) is 0 Å². The van der Waals surface area contributed by atoms with Crippen molar-refractivity contribution in [3.63, 3.8) is 0 Å². The summed E-state index contributed by atoms with van der Waals surface area (Å²) in [5, 5.41) is 0.0139. The number of pyridine rings is 1. The van der Waals surface area contributed by atoms with Gasteiger partial charge in [0, 0.05) is 24.8 Å². The molecule has 1 amide bonds. The lowest BCUT2D eigenvalue weighted by atomic mass is 10.00. The molecule has 1 aromatic heterocycles. The van der Waals surface area contributed by atoms with Crippen molar-refractivity contribution in [2.45, 2.75) is 39.0 Å². The summed E-state index contributed by atoms with van der Waals surface area (Å²) < 4.78 is 43.7. The highest BCUT2D eigenvalue weighted by molar-refractivity contribution is 6.31. The summed E-state index contributed by atoms with van der Waals surface area (Å²) in [5.74, 6) is 0. The van der Waals surface area contributed by atoms with E-state index in [0.29, 0.717) is 24.7 Å². The highest BCUT2D eigenvalue weighted by Crippen LogP contribution is 2.34. The molecule has 4 nitrogen and oxygen atoms in total. The van der Waals surface area contributed by atoms with Gasteiger partial charge >= 0.3 is 12.3 Å². The van der Waals surface area contributed by atoms with Crippen molar-refractivity contribution in [3.8, 4) is 0 Å². The van der Waals surface area contributed by atoms with Gasteiger partial charge in [-0.3, -0.25) is 0 Å². The topological polar surface area (TPSA) is 42.4 Å². The SMILES string of the molecule is CC(C)(C)OC(=O)N1CC=C(c2cc(C(F)(F)F)cnc2Cl)CC1.